The number of hydrogen-bond acceptors (Lipinski definition) is 4. The van der Waals surface area contributed by atoms with E-state index in [1.54, 1.807) is 26.3 Å². The van der Waals surface area contributed by atoms with Crippen LogP contribution in [0.15, 0.2) is 23.2 Å². The van der Waals surface area contributed by atoms with Crippen LogP contribution in [0.25, 0.3) is 0 Å². The summed E-state index contributed by atoms with van der Waals surface area (Å²) in [6.07, 6.45) is 2.46. The molecule has 25 heavy (non-hydrogen) atoms. The molecule has 1 aliphatic rings. The van der Waals surface area contributed by atoms with Gasteiger partial charge in [-0.3, -0.25) is 4.99 Å². The number of hydrogen-bond donors (Lipinski definition) is 1. The van der Waals surface area contributed by atoms with E-state index >= 15 is 0 Å². The van der Waals surface area contributed by atoms with Crippen LogP contribution in [0.1, 0.15) is 35.7 Å². The van der Waals surface area contributed by atoms with E-state index in [2.05, 4.69) is 22.1 Å². The molecule has 0 saturated carbocycles. The van der Waals surface area contributed by atoms with Gasteiger partial charge in [-0.1, -0.05) is 13.0 Å². The van der Waals surface area contributed by atoms with E-state index in [9.17, 15) is 4.79 Å². The van der Waals surface area contributed by atoms with Gasteiger partial charge in [-0.25, -0.2) is 4.79 Å². The molecule has 1 N–H and O–H groups in total. The minimum atomic E-state index is -0.400. The fourth-order valence-corrected chi connectivity index (χ4v) is 3.03. The summed E-state index contributed by atoms with van der Waals surface area (Å²) in [7, 11) is 4.71. The minimum absolute atomic E-state index is 0. The third-order valence-electron chi connectivity index (χ3n) is 4.29. The number of benzene rings is 1. The second-order valence-corrected chi connectivity index (χ2v) is 6.12. The third kappa shape index (κ3) is 5.76. The van der Waals surface area contributed by atoms with E-state index in [0.717, 1.165) is 24.6 Å². The molecule has 2 rings (SSSR count). The van der Waals surface area contributed by atoms with Crippen LogP contribution in [-0.4, -0.2) is 51.2 Å². The second-order valence-electron chi connectivity index (χ2n) is 6.12. The molecule has 1 fully saturated rings. The molecule has 1 unspecified atom stereocenters. The van der Waals surface area contributed by atoms with Gasteiger partial charge in [0, 0.05) is 26.7 Å². The Morgan fingerprint density at radius 3 is 2.76 bits per heavy atom. The largest absolute Gasteiger partial charge is 0.496 e. The van der Waals surface area contributed by atoms with Gasteiger partial charge < -0.3 is 19.7 Å². The molecule has 0 bridgehead atoms. The van der Waals surface area contributed by atoms with Crippen molar-refractivity contribution in [2.75, 3.05) is 34.4 Å². The number of nitrogens with one attached hydrogen (secondary N) is 1. The summed E-state index contributed by atoms with van der Waals surface area (Å²) >= 11 is 0. The summed E-state index contributed by atoms with van der Waals surface area (Å²) in [5, 5.41) is 3.38. The first-order valence-corrected chi connectivity index (χ1v) is 8.29. The van der Waals surface area contributed by atoms with Crippen molar-refractivity contribution in [3.8, 4) is 5.75 Å². The van der Waals surface area contributed by atoms with Gasteiger partial charge in [0.1, 0.15) is 11.3 Å². The molecule has 0 aromatic heterocycles. The molecule has 1 saturated heterocycles. The number of aliphatic imine (C=N–C) groups is 1. The number of carbonyl (C=O) groups is 1. The Kier molecular flexibility index (Phi) is 9.02. The molecule has 1 aliphatic heterocycles. The number of likely N-dealkylation sites (tertiary alicyclic amines) is 1. The molecule has 1 aromatic rings. The van der Waals surface area contributed by atoms with Crippen molar-refractivity contribution in [3.63, 3.8) is 0 Å². The van der Waals surface area contributed by atoms with E-state index in [4.69, 9.17) is 9.47 Å². The number of halogens is 1. The van der Waals surface area contributed by atoms with Crippen LogP contribution in [0, 0.1) is 5.92 Å². The molecular formula is C18H28IN3O3. The first-order valence-electron chi connectivity index (χ1n) is 8.29. The number of ether oxygens (including phenoxy) is 2. The van der Waals surface area contributed by atoms with Crippen LogP contribution < -0.4 is 10.1 Å². The molecule has 0 spiro atoms. The Morgan fingerprint density at radius 2 is 2.16 bits per heavy atom. The third-order valence-corrected chi connectivity index (χ3v) is 4.29. The summed E-state index contributed by atoms with van der Waals surface area (Å²) < 4.78 is 10.0. The lowest BCUT2D eigenvalue weighted by Gasteiger charge is -2.33. The van der Waals surface area contributed by atoms with Gasteiger partial charge in [-0.15, -0.1) is 24.0 Å². The van der Waals surface area contributed by atoms with E-state index in [1.807, 2.05) is 6.07 Å². The van der Waals surface area contributed by atoms with E-state index < -0.39 is 5.97 Å². The Balaban J connectivity index is 0.00000312. The highest BCUT2D eigenvalue weighted by molar-refractivity contribution is 14.0. The zero-order valence-corrected chi connectivity index (χ0v) is 17.7. The van der Waals surface area contributed by atoms with Gasteiger partial charge in [0.2, 0.25) is 0 Å². The van der Waals surface area contributed by atoms with Crippen LogP contribution >= 0.6 is 24.0 Å². The predicted molar refractivity (Wildman–Crippen MR) is 110 cm³/mol. The average Bonchev–Trinajstić information content (AvgIpc) is 2.61. The van der Waals surface area contributed by atoms with Gasteiger partial charge in [0.25, 0.3) is 0 Å². The smallest absolute Gasteiger partial charge is 0.341 e. The van der Waals surface area contributed by atoms with Crippen molar-refractivity contribution in [2.24, 2.45) is 10.9 Å². The number of guanidine groups is 1. The van der Waals surface area contributed by atoms with Crippen molar-refractivity contribution < 1.29 is 14.3 Å². The molecule has 0 radical (unpaired) electrons. The summed E-state index contributed by atoms with van der Waals surface area (Å²) in [6, 6.07) is 5.52. The van der Waals surface area contributed by atoms with Crippen LogP contribution in [0.4, 0.5) is 0 Å². The van der Waals surface area contributed by atoms with E-state index in [1.165, 1.54) is 20.0 Å². The topological polar surface area (TPSA) is 63.2 Å². The van der Waals surface area contributed by atoms with Crippen molar-refractivity contribution in [1.82, 2.24) is 10.2 Å². The fourth-order valence-electron chi connectivity index (χ4n) is 3.03. The summed E-state index contributed by atoms with van der Waals surface area (Å²) in [6.45, 7) is 4.91. The molecule has 1 atom stereocenters. The van der Waals surface area contributed by atoms with E-state index in [-0.39, 0.29) is 24.0 Å². The lowest BCUT2D eigenvalue weighted by Crippen LogP contribution is -2.45. The first kappa shape index (κ1) is 21.5. The number of methoxy groups -OCH3 is 2. The fraction of sp³-hybridized carbons (Fsp3) is 0.556. The van der Waals surface area contributed by atoms with E-state index in [0.29, 0.717) is 23.8 Å². The number of rotatable bonds is 4. The molecule has 1 heterocycles. The van der Waals surface area contributed by atoms with Gasteiger partial charge in [0.05, 0.1) is 14.2 Å². The standard InChI is InChI=1S/C18H27N3O3.HI/c1-13-6-5-9-21(12-13)18(19-2)20-11-14-7-8-16(23-3)15(10-14)17(22)24-4;/h7-8,10,13H,5-6,9,11-12H2,1-4H3,(H,19,20);1H. The van der Waals surface area contributed by atoms with Gasteiger partial charge in [0.15, 0.2) is 5.96 Å². The lowest BCUT2D eigenvalue weighted by molar-refractivity contribution is 0.0597. The molecular weight excluding hydrogens is 433 g/mol. The Labute approximate surface area is 167 Å². The van der Waals surface area contributed by atoms with Crippen molar-refractivity contribution in [3.05, 3.63) is 29.3 Å². The number of carbonyl (C=O) groups excluding carboxylic acids is 1. The molecule has 6 nitrogen and oxygen atoms in total. The van der Waals surface area contributed by atoms with Crippen molar-refractivity contribution >= 4 is 35.9 Å². The van der Waals surface area contributed by atoms with Gasteiger partial charge in [-0.2, -0.15) is 0 Å². The monoisotopic (exact) mass is 461 g/mol. The first-order chi connectivity index (χ1) is 11.6. The van der Waals surface area contributed by atoms with Crippen LogP contribution in [0.2, 0.25) is 0 Å². The summed E-state index contributed by atoms with van der Waals surface area (Å²) in [4.78, 5) is 18.5. The highest BCUT2D eigenvalue weighted by Gasteiger charge is 2.19. The molecule has 1 aromatic carbocycles. The highest BCUT2D eigenvalue weighted by atomic mass is 127. The molecule has 7 heteroatoms. The Hall–Kier alpha value is -1.51. The van der Waals surface area contributed by atoms with Crippen LogP contribution in [0.3, 0.4) is 0 Å². The second kappa shape index (κ2) is 10.5. The zero-order valence-electron chi connectivity index (χ0n) is 15.4. The van der Waals surface area contributed by atoms with Crippen LogP contribution in [0.5, 0.6) is 5.75 Å². The average molecular weight is 461 g/mol. The maximum atomic E-state index is 11.9. The maximum absolute atomic E-state index is 11.9. The normalized spacial score (nSPS) is 17.5. The number of esters is 1. The lowest BCUT2D eigenvalue weighted by atomic mass is 10.0. The van der Waals surface area contributed by atoms with Crippen molar-refractivity contribution in [2.45, 2.75) is 26.3 Å². The maximum Gasteiger partial charge on any atom is 0.341 e. The zero-order chi connectivity index (χ0) is 17.5. The molecule has 0 amide bonds. The van der Waals surface area contributed by atoms with Crippen molar-refractivity contribution in [1.29, 1.82) is 0 Å². The summed E-state index contributed by atoms with van der Waals surface area (Å²) in [5.74, 6) is 1.70. The predicted octanol–water partition coefficient (Wildman–Crippen LogP) is 2.91. The quantitative estimate of drug-likeness (QED) is 0.324. The Bertz CT molecular complexity index is 607. The number of nitrogens with zero attached hydrogens (tertiary/aromatic N) is 2. The number of piperidine rings is 1. The molecule has 140 valence electrons. The Morgan fingerprint density at radius 1 is 1.40 bits per heavy atom. The van der Waals surface area contributed by atoms with Gasteiger partial charge in [-0.05, 0) is 36.5 Å². The molecule has 0 aliphatic carbocycles. The highest BCUT2D eigenvalue weighted by Crippen LogP contribution is 2.21. The van der Waals surface area contributed by atoms with Gasteiger partial charge >= 0.3 is 5.97 Å². The minimum Gasteiger partial charge on any atom is -0.496 e. The van der Waals surface area contributed by atoms with Crippen LogP contribution in [-0.2, 0) is 11.3 Å². The summed E-state index contributed by atoms with van der Waals surface area (Å²) in [5.41, 5.74) is 1.41. The SMILES string of the molecule is CN=C(NCc1ccc(OC)c(C(=O)OC)c1)N1CCCC(C)C1.I.